The first-order chi connectivity index (χ1) is 10.1. The fraction of sp³-hybridized carbons (Fsp3) is 0.214. The maximum atomic E-state index is 12.2. The first-order valence-electron chi connectivity index (χ1n) is 6.56. The van der Waals surface area contributed by atoms with Crippen LogP contribution in [-0.2, 0) is 0 Å². The van der Waals surface area contributed by atoms with E-state index in [1.54, 1.807) is 36.7 Å². The minimum Gasteiger partial charge on any atom is -0.351 e. The zero-order valence-corrected chi connectivity index (χ0v) is 11.6. The quantitative estimate of drug-likeness (QED) is 0.672. The first-order valence-corrected chi connectivity index (χ1v) is 6.56. The van der Waals surface area contributed by atoms with Crippen LogP contribution < -0.4 is 16.4 Å². The fourth-order valence-electron chi connectivity index (χ4n) is 1.92. The van der Waals surface area contributed by atoms with Crippen molar-refractivity contribution in [2.75, 3.05) is 5.32 Å². The lowest BCUT2D eigenvalue weighted by molar-refractivity contribution is 0.0934. The number of benzene rings is 1. The maximum absolute atomic E-state index is 12.2. The number of nitrogens with one attached hydrogen (secondary N) is 3. The monoisotopic (exact) mass is 287 g/mol. The van der Waals surface area contributed by atoms with Crippen LogP contribution in [0.5, 0.6) is 0 Å². The van der Waals surface area contributed by atoms with Gasteiger partial charge in [0.05, 0.1) is 6.04 Å². The molecule has 7 nitrogen and oxygen atoms in total. The number of amides is 3. The summed E-state index contributed by atoms with van der Waals surface area (Å²) >= 11 is 0. The molecule has 5 N–H and O–H groups in total. The third-order valence-electron chi connectivity index (χ3n) is 2.98. The normalized spacial score (nSPS) is 11.7. The van der Waals surface area contributed by atoms with Crippen LogP contribution in [0.4, 0.5) is 10.5 Å². The predicted molar refractivity (Wildman–Crippen MR) is 78.7 cm³/mol. The average molecular weight is 287 g/mol. The molecule has 1 aromatic heterocycles. The summed E-state index contributed by atoms with van der Waals surface area (Å²) in [6.45, 7) is 1.97. The molecular weight excluding hydrogens is 270 g/mol. The van der Waals surface area contributed by atoms with Gasteiger partial charge in [-0.05, 0) is 30.7 Å². The summed E-state index contributed by atoms with van der Waals surface area (Å²) in [5, 5.41) is 5.34. The van der Waals surface area contributed by atoms with E-state index in [4.69, 9.17) is 5.73 Å². The summed E-state index contributed by atoms with van der Waals surface area (Å²) in [4.78, 5) is 30.0. The Labute approximate surface area is 122 Å². The molecule has 1 aromatic carbocycles. The molecule has 0 spiro atoms. The van der Waals surface area contributed by atoms with Crippen LogP contribution in [0.2, 0.25) is 0 Å². The minimum absolute atomic E-state index is 0.170. The van der Waals surface area contributed by atoms with Crippen LogP contribution in [0.1, 0.15) is 35.6 Å². The van der Waals surface area contributed by atoms with Gasteiger partial charge in [-0.2, -0.15) is 0 Å². The summed E-state index contributed by atoms with van der Waals surface area (Å²) in [5.74, 6) is 0.516. The van der Waals surface area contributed by atoms with Crippen LogP contribution in [0.25, 0.3) is 0 Å². The van der Waals surface area contributed by atoms with Crippen molar-refractivity contribution in [2.24, 2.45) is 5.73 Å². The van der Waals surface area contributed by atoms with E-state index in [2.05, 4.69) is 20.6 Å². The van der Waals surface area contributed by atoms with Gasteiger partial charge in [0.1, 0.15) is 5.82 Å². The number of rotatable bonds is 5. The number of hydrogen-bond donors (Lipinski definition) is 4. The Hall–Kier alpha value is -2.83. The van der Waals surface area contributed by atoms with Crippen LogP contribution in [0.15, 0.2) is 36.7 Å². The molecule has 7 heteroatoms. The predicted octanol–water partition coefficient (Wildman–Crippen LogP) is 1.78. The summed E-state index contributed by atoms with van der Waals surface area (Å²) in [5.41, 5.74) is 6.06. The number of urea groups is 1. The SMILES string of the molecule is CCC(NC(=O)c1ccc(NC(N)=O)cc1)c1ncc[nH]1. The topological polar surface area (TPSA) is 113 Å². The van der Waals surface area contributed by atoms with Crippen LogP contribution >= 0.6 is 0 Å². The highest BCUT2D eigenvalue weighted by Crippen LogP contribution is 2.14. The van der Waals surface area contributed by atoms with E-state index in [0.29, 0.717) is 11.3 Å². The van der Waals surface area contributed by atoms with E-state index < -0.39 is 6.03 Å². The second kappa shape index (κ2) is 6.56. The van der Waals surface area contributed by atoms with E-state index in [-0.39, 0.29) is 11.9 Å². The van der Waals surface area contributed by atoms with E-state index >= 15 is 0 Å². The van der Waals surface area contributed by atoms with Crippen molar-refractivity contribution >= 4 is 17.6 Å². The van der Waals surface area contributed by atoms with Gasteiger partial charge in [0.15, 0.2) is 0 Å². The molecule has 1 unspecified atom stereocenters. The molecule has 0 aliphatic rings. The molecule has 0 saturated heterocycles. The van der Waals surface area contributed by atoms with Crippen molar-refractivity contribution in [3.05, 3.63) is 48.0 Å². The third-order valence-corrected chi connectivity index (χ3v) is 2.98. The van der Waals surface area contributed by atoms with E-state index in [1.807, 2.05) is 6.92 Å². The number of primary amides is 1. The van der Waals surface area contributed by atoms with Crippen molar-refractivity contribution in [1.82, 2.24) is 15.3 Å². The average Bonchev–Trinajstić information content (AvgIpc) is 2.98. The lowest BCUT2D eigenvalue weighted by Gasteiger charge is -2.14. The van der Waals surface area contributed by atoms with Gasteiger partial charge < -0.3 is 21.4 Å². The van der Waals surface area contributed by atoms with E-state index in [1.165, 1.54) is 0 Å². The summed E-state index contributed by atoms with van der Waals surface area (Å²) in [6, 6.07) is 5.67. The van der Waals surface area contributed by atoms with Crippen LogP contribution in [0, 0.1) is 0 Å². The third kappa shape index (κ3) is 3.82. The number of imidazole rings is 1. The minimum atomic E-state index is -0.643. The number of hydrogen-bond acceptors (Lipinski definition) is 3. The first kappa shape index (κ1) is 14.6. The number of nitrogens with two attached hydrogens (primary N) is 1. The molecule has 2 rings (SSSR count). The zero-order chi connectivity index (χ0) is 15.2. The second-order valence-electron chi connectivity index (χ2n) is 4.48. The number of anilines is 1. The molecule has 1 heterocycles. The van der Waals surface area contributed by atoms with Crippen molar-refractivity contribution in [3.63, 3.8) is 0 Å². The summed E-state index contributed by atoms with van der Waals surface area (Å²) < 4.78 is 0. The van der Waals surface area contributed by atoms with Crippen molar-refractivity contribution in [1.29, 1.82) is 0 Å². The number of carbonyl (C=O) groups is 2. The van der Waals surface area contributed by atoms with Crippen molar-refractivity contribution in [3.8, 4) is 0 Å². The Balaban J connectivity index is 2.04. The van der Waals surface area contributed by atoms with Gasteiger partial charge in [-0.1, -0.05) is 6.92 Å². The molecule has 3 amide bonds. The highest BCUT2D eigenvalue weighted by molar-refractivity contribution is 5.95. The van der Waals surface area contributed by atoms with Gasteiger partial charge in [-0.3, -0.25) is 4.79 Å². The number of nitrogens with zero attached hydrogens (tertiary/aromatic N) is 1. The van der Waals surface area contributed by atoms with Gasteiger partial charge in [-0.15, -0.1) is 0 Å². The Morgan fingerprint density at radius 3 is 2.57 bits per heavy atom. The second-order valence-corrected chi connectivity index (χ2v) is 4.48. The van der Waals surface area contributed by atoms with Gasteiger partial charge in [0.2, 0.25) is 0 Å². The van der Waals surface area contributed by atoms with Crippen LogP contribution in [-0.4, -0.2) is 21.9 Å². The molecule has 110 valence electrons. The Bertz CT molecular complexity index is 607. The van der Waals surface area contributed by atoms with Gasteiger partial charge in [0.25, 0.3) is 5.91 Å². The molecule has 0 fully saturated rings. The molecule has 21 heavy (non-hydrogen) atoms. The van der Waals surface area contributed by atoms with Gasteiger partial charge in [0, 0.05) is 23.6 Å². The molecule has 0 bridgehead atoms. The largest absolute Gasteiger partial charge is 0.351 e. The molecule has 1 atom stereocenters. The Morgan fingerprint density at radius 2 is 2.05 bits per heavy atom. The van der Waals surface area contributed by atoms with E-state index in [0.717, 1.165) is 12.2 Å². The molecule has 0 saturated carbocycles. The Kier molecular flexibility index (Phi) is 4.55. The molecule has 0 aliphatic carbocycles. The van der Waals surface area contributed by atoms with Gasteiger partial charge in [-0.25, -0.2) is 9.78 Å². The molecule has 0 radical (unpaired) electrons. The van der Waals surface area contributed by atoms with E-state index in [9.17, 15) is 9.59 Å². The van der Waals surface area contributed by atoms with Crippen molar-refractivity contribution < 1.29 is 9.59 Å². The highest BCUT2D eigenvalue weighted by Gasteiger charge is 2.15. The standard InChI is InChI=1S/C14H17N5O2/c1-2-11(12-16-7-8-17-12)19-13(20)9-3-5-10(6-4-9)18-14(15)21/h3-8,11H,2H2,1H3,(H,16,17)(H,19,20)(H3,15,18,21). The molecule has 0 aliphatic heterocycles. The van der Waals surface area contributed by atoms with Crippen molar-refractivity contribution in [2.45, 2.75) is 19.4 Å². The van der Waals surface area contributed by atoms with Gasteiger partial charge >= 0.3 is 6.03 Å². The number of carbonyl (C=O) groups excluding carboxylic acids is 2. The lowest BCUT2D eigenvalue weighted by Crippen LogP contribution is -2.28. The fourth-order valence-corrected chi connectivity index (χ4v) is 1.92. The molecular formula is C14H17N5O2. The smallest absolute Gasteiger partial charge is 0.316 e. The Morgan fingerprint density at radius 1 is 1.33 bits per heavy atom. The zero-order valence-electron chi connectivity index (χ0n) is 11.6. The lowest BCUT2D eigenvalue weighted by atomic mass is 10.1. The summed E-state index contributed by atoms with van der Waals surface area (Å²) in [7, 11) is 0. The molecule has 2 aromatic rings. The number of H-pyrrole nitrogens is 1. The summed E-state index contributed by atoms with van der Waals surface area (Å²) in [6.07, 6.45) is 4.09. The highest BCUT2D eigenvalue weighted by atomic mass is 16.2. The maximum Gasteiger partial charge on any atom is 0.316 e. The van der Waals surface area contributed by atoms with Crippen LogP contribution in [0.3, 0.4) is 0 Å². The number of aromatic amines is 1. The number of aromatic nitrogens is 2.